The van der Waals surface area contributed by atoms with Crippen LogP contribution in [0.25, 0.3) is 0 Å². The summed E-state index contributed by atoms with van der Waals surface area (Å²) in [6, 6.07) is 16.0. The number of aromatic nitrogens is 1. The number of nitrogens with one attached hydrogen (secondary N) is 2. The predicted molar refractivity (Wildman–Crippen MR) is 116 cm³/mol. The Kier molecular flexibility index (Phi) is 6.79. The number of anilines is 3. The first-order valence-electron chi connectivity index (χ1n) is 9.69. The van der Waals surface area contributed by atoms with Gasteiger partial charge in [0.2, 0.25) is 0 Å². The summed E-state index contributed by atoms with van der Waals surface area (Å²) in [6.07, 6.45) is 3.12. The molecule has 1 amide bonds. The molecule has 0 aliphatic heterocycles. The molecule has 1 heterocycles. The summed E-state index contributed by atoms with van der Waals surface area (Å²) in [7, 11) is 0. The van der Waals surface area contributed by atoms with E-state index in [1.807, 2.05) is 24.3 Å². The van der Waals surface area contributed by atoms with Gasteiger partial charge in [0.1, 0.15) is 5.82 Å². The van der Waals surface area contributed by atoms with Crippen LogP contribution in [0.15, 0.2) is 67.0 Å². The van der Waals surface area contributed by atoms with E-state index in [4.69, 9.17) is 0 Å². The molecule has 5 nitrogen and oxygen atoms in total. The lowest BCUT2D eigenvalue weighted by atomic mass is 10.2. The minimum Gasteiger partial charge on any atom is -0.380 e. The zero-order valence-corrected chi connectivity index (χ0v) is 16.7. The summed E-state index contributed by atoms with van der Waals surface area (Å²) in [4.78, 5) is 18.9. The van der Waals surface area contributed by atoms with Crippen molar-refractivity contribution in [1.82, 2.24) is 4.98 Å². The Bertz CT molecular complexity index is 955. The zero-order valence-electron chi connectivity index (χ0n) is 16.7. The quantitative estimate of drug-likeness (QED) is 0.571. The molecule has 0 aliphatic rings. The van der Waals surface area contributed by atoms with E-state index in [-0.39, 0.29) is 11.7 Å². The first kappa shape index (κ1) is 20.3. The molecular weight excluding hydrogens is 367 g/mol. The van der Waals surface area contributed by atoms with Crippen molar-refractivity contribution in [2.24, 2.45) is 0 Å². The molecule has 29 heavy (non-hydrogen) atoms. The normalized spacial score (nSPS) is 10.4. The van der Waals surface area contributed by atoms with Gasteiger partial charge in [-0.15, -0.1) is 0 Å². The van der Waals surface area contributed by atoms with Crippen LogP contribution in [0.2, 0.25) is 0 Å². The fraction of sp³-hybridized carbons (Fsp3) is 0.217. The van der Waals surface area contributed by atoms with E-state index < -0.39 is 0 Å². The van der Waals surface area contributed by atoms with Crippen molar-refractivity contribution >= 4 is 23.0 Å². The minimum absolute atomic E-state index is 0.248. The second-order valence-electron chi connectivity index (χ2n) is 6.58. The minimum atomic E-state index is -0.269. The molecular formula is C23H25FN4O. The number of carbonyl (C=O) groups is 1. The van der Waals surface area contributed by atoms with Crippen LogP contribution < -0.4 is 15.5 Å². The Hall–Kier alpha value is -3.41. The number of pyridine rings is 1. The third kappa shape index (κ3) is 5.31. The molecule has 0 spiro atoms. The maximum absolute atomic E-state index is 13.7. The largest absolute Gasteiger partial charge is 0.380 e. The molecule has 0 radical (unpaired) electrons. The van der Waals surface area contributed by atoms with Gasteiger partial charge in [0, 0.05) is 49.0 Å². The van der Waals surface area contributed by atoms with Crippen molar-refractivity contribution in [2.45, 2.75) is 20.4 Å². The Morgan fingerprint density at radius 2 is 1.72 bits per heavy atom. The van der Waals surface area contributed by atoms with Gasteiger partial charge in [0.15, 0.2) is 0 Å². The SMILES string of the molecule is CCN(CC)c1ccc(NC(=O)c2cncc(NCc3ccccc3F)c2)cc1. The van der Waals surface area contributed by atoms with Gasteiger partial charge in [-0.2, -0.15) is 0 Å². The summed E-state index contributed by atoms with van der Waals surface area (Å²) in [5.41, 5.74) is 3.47. The van der Waals surface area contributed by atoms with Crippen LogP contribution in [0.3, 0.4) is 0 Å². The topological polar surface area (TPSA) is 57.3 Å². The van der Waals surface area contributed by atoms with E-state index in [9.17, 15) is 9.18 Å². The number of rotatable bonds is 8. The standard InChI is InChI=1S/C23H25FN4O/c1-3-28(4-2)21-11-9-19(10-12-21)27-23(29)18-13-20(16-25-14-18)26-15-17-7-5-6-8-22(17)24/h5-14,16,26H,3-4,15H2,1-2H3,(H,27,29). The van der Waals surface area contributed by atoms with E-state index in [0.717, 1.165) is 24.5 Å². The molecule has 0 saturated carbocycles. The fourth-order valence-electron chi connectivity index (χ4n) is 3.05. The van der Waals surface area contributed by atoms with E-state index in [1.165, 1.54) is 12.3 Å². The average Bonchev–Trinajstić information content (AvgIpc) is 2.75. The molecule has 150 valence electrons. The molecule has 3 rings (SSSR count). The van der Waals surface area contributed by atoms with Crippen LogP contribution in [0.5, 0.6) is 0 Å². The summed E-state index contributed by atoms with van der Waals surface area (Å²) in [6.45, 7) is 6.39. The highest BCUT2D eigenvalue weighted by molar-refractivity contribution is 6.04. The van der Waals surface area contributed by atoms with Crippen molar-refractivity contribution in [3.8, 4) is 0 Å². The number of amides is 1. The molecule has 6 heteroatoms. The molecule has 0 saturated heterocycles. The number of hydrogen-bond donors (Lipinski definition) is 2. The van der Waals surface area contributed by atoms with Crippen LogP contribution in [0, 0.1) is 5.82 Å². The second-order valence-corrected chi connectivity index (χ2v) is 6.58. The lowest BCUT2D eigenvalue weighted by molar-refractivity contribution is 0.102. The van der Waals surface area contributed by atoms with Gasteiger partial charge in [-0.1, -0.05) is 18.2 Å². The zero-order chi connectivity index (χ0) is 20.6. The Morgan fingerprint density at radius 1 is 1.00 bits per heavy atom. The Morgan fingerprint density at radius 3 is 2.41 bits per heavy atom. The van der Waals surface area contributed by atoms with Gasteiger partial charge in [-0.3, -0.25) is 9.78 Å². The fourth-order valence-corrected chi connectivity index (χ4v) is 3.05. The number of halogens is 1. The third-order valence-corrected chi connectivity index (χ3v) is 4.69. The molecule has 0 fully saturated rings. The number of hydrogen-bond acceptors (Lipinski definition) is 4. The molecule has 0 unspecified atom stereocenters. The maximum Gasteiger partial charge on any atom is 0.257 e. The van der Waals surface area contributed by atoms with Gasteiger partial charge in [0.25, 0.3) is 5.91 Å². The van der Waals surface area contributed by atoms with Crippen molar-refractivity contribution in [3.05, 3.63) is 83.9 Å². The lowest BCUT2D eigenvalue weighted by Crippen LogP contribution is -2.21. The maximum atomic E-state index is 13.7. The molecule has 2 aromatic carbocycles. The highest BCUT2D eigenvalue weighted by Crippen LogP contribution is 2.19. The van der Waals surface area contributed by atoms with E-state index in [2.05, 4.69) is 34.4 Å². The van der Waals surface area contributed by atoms with Crippen molar-refractivity contribution in [1.29, 1.82) is 0 Å². The number of benzene rings is 2. The molecule has 0 atom stereocenters. The lowest BCUT2D eigenvalue weighted by Gasteiger charge is -2.21. The molecule has 0 aliphatic carbocycles. The van der Waals surface area contributed by atoms with Crippen LogP contribution >= 0.6 is 0 Å². The smallest absolute Gasteiger partial charge is 0.257 e. The van der Waals surface area contributed by atoms with E-state index >= 15 is 0 Å². The second kappa shape index (κ2) is 9.68. The molecule has 0 bridgehead atoms. The predicted octanol–water partition coefficient (Wildman–Crippen LogP) is 4.93. The number of nitrogens with zero attached hydrogens (tertiary/aromatic N) is 2. The van der Waals surface area contributed by atoms with Gasteiger partial charge < -0.3 is 15.5 Å². The highest BCUT2D eigenvalue weighted by atomic mass is 19.1. The van der Waals surface area contributed by atoms with E-state index in [0.29, 0.717) is 23.4 Å². The summed E-state index contributed by atoms with van der Waals surface area (Å²) >= 11 is 0. The van der Waals surface area contributed by atoms with E-state index in [1.54, 1.807) is 30.5 Å². The van der Waals surface area contributed by atoms with Crippen LogP contribution in [-0.2, 0) is 6.54 Å². The number of carbonyl (C=O) groups excluding carboxylic acids is 1. The van der Waals surface area contributed by atoms with Gasteiger partial charge in [0.05, 0.1) is 11.3 Å². The Labute approximate surface area is 170 Å². The Balaban J connectivity index is 1.64. The van der Waals surface area contributed by atoms with Crippen LogP contribution in [-0.4, -0.2) is 24.0 Å². The first-order chi connectivity index (χ1) is 14.1. The molecule has 1 aromatic heterocycles. The van der Waals surface area contributed by atoms with Crippen molar-refractivity contribution in [2.75, 3.05) is 28.6 Å². The molecule has 2 N–H and O–H groups in total. The van der Waals surface area contributed by atoms with Crippen molar-refractivity contribution < 1.29 is 9.18 Å². The van der Waals surface area contributed by atoms with Gasteiger partial charge in [-0.05, 0) is 50.2 Å². The summed E-state index contributed by atoms with van der Waals surface area (Å²) < 4.78 is 13.7. The van der Waals surface area contributed by atoms with Crippen LogP contribution in [0.1, 0.15) is 29.8 Å². The van der Waals surface area contributed by atoms with Crippen molar-refractivity contribution in [3.63, 3.8) is 0 Å². The third-order valence-electron chi connectivity index (χ3n) is 4.69. The average molecular weight is 392 g/mol. The van der Waals surface area contributed by atoms with Gasteiger partial charge >= 0.3 is 0 Å². The summed E-state index contributed by atoms with van der Waals surface area (Å²) in [5.74, 6) is -0.516. The monoisotopic (exact) mass is 392 g/mol. The first-order valence-corrected chi connectivity index (χ1v) is 9.69. The molecule has 3 aromatic rings. The van der Waals surface area contributed by atoms with Gasteiger partial charge in [-0.25, -0.2) is 4.39 Å². The summed E-state index contributed by atoms with van der Waals surface area (Å²) in [5, 5.41) is 5.99. The van der Waals surface area contributed by atoms with Crippen LogP contribution in [0.4, 0.5) is 21.5 Å². The highest BCUT2D eigenvalue weighted by Gasteiger charge is 2.09.